The molecule has 0 amide bonds. The molecule has 5 heteroatoms. The fraction of sp³-hybridized carbons (Fsp3) is 0.300. The van der Waals surface area contributed by atoms with Gasteiger partial charge in [0.05, 0.1) is 10.0 Å². The van der Waals surface area contributed by atoms with Gasteiger partial charge in [0.1, 0.15) is 5.82 Å². The van der Waals surface area contributed by atoms with Crippen LogP contribution in [-0.4, -0.2) is 10.2 Å². The second-order valence-corrected chi connectivity index (χ2v) is 5.23. The van der Waals surface area contributed by atoms with Gasteiger partial charge in [0.15, 0.2) is 0 Å². The summed E-state index contributed by atoms with van der Waals surface area (Å²) in [5, 5.41) is 9.00. The van der Waals surface area contributed by atoms with E-state index in [1.54, 1.807) is 0 Å². The van der Waals surface area contributed by atoms with Crippen LogP contribution in [0.3, 0.4) is 0 Å². The van der Waals surface area contributed by atoms with Crippen molar-refractivity contribution in [2.45, 2.75) is 19.8 Å². The summed E-state index contributed by atoms with van der Waals surface area (Å²) >= 11 is 7.41. The highest BCUT2D eigenvalue weighted by molar-refractivity contribution is 7.14. The average Bonchev–Trinajstić information content (AvgIpc) is 2.71. The van der Waals surface area contributed by atoms with E-state index in [2.05, 4.69) is 24.0 Å². The van der Waals surface area contributed by atoms with Gasteiger partial charge in [0.25, 0.3) is 0 Å². The zero-order valence-electron chi connectivity index (χ0n) is 8.54. The summed E-state index contributed by atoms with van der Waals surface area (Å²) in [6, 6.07) is 1.92. The third-order valence-electron chi connectivity index (χ3n) is 2.27. The number of aromatic amines is 1. The van der Waals surface area contributed by atoms with Crippen molar-refractivity contribution >= 4 is 28.8 Å². The second kappa shape index (κ2) is 3.87. The summed E-state index contributed by atoms with van der Waals surface area (Å²) < 4.78 is 0.771. The van der Waals surface area contributed by atoms with Crippen molar-refractivity contribution < 1.29 is 0 Å². The summed E-state index contributed by atoms with van der Waals surface area (Å²) in [4.78, 5) is 0. The summed E-state index contributed by atoms with van der Waals surface area (Å²) in [6.07, 6.45) is 0. The van der Waals surface area contributed by atoms with Gasteiger partial charge in [-0.25, -0.2) is 0 Å². The number of H-pyrrole nitrogens is 1. The van der Waals surface area contributed by atoms with Gasteiger partial charge in [-0.2, -0.15) is 5.10 Å². The van der Waals surface area contributed by atoms with Gasteiger partial charge in [-0.1, -0.05) is 25.4 Å². The lowest BCUT2D eigenvalue weighted by Gasteiger charge is -2.05. The highest BCUT2D eigenvalue weighted by Crippen LogP contribution is 2.34. The van der Waals surface area contributed by atoms with Crippen LogP contribution in [-0.2, 0) is 0 Å². The Morgan fingerprint density at radius 2 is 2.27 bits per heavy atom. The molecular weight excluding hydrogens is 230 g/mol. The van der Waals surface area contributed by atoms with Gasteiger partial charge in [0.2, 0.25) is 0 Å². The molecule has 3 nitrogen and oxygen atoms in total. The first-order chi connectivity index (χ1) is 7.09. The van der Waals surface area contributed by atoms with Crippen molar-refractivity contribution in [1.82, 2.24) is 10.2 Å². The Morgan fingerprint density at radius 3 is 2.80 bits per heavy atom. The first-order valence-electron chi connectivity index (χ1n) is 4.67. The average molecular weight is 242 g/mol. The van der Waals surface area contributed by atoms with Crippen LogP contribution in [0.2, 0.25) is 4.34 Å². The van der Waals surface area contributed by atoms with E-state index < -0.39 is 0 Å². The number of aromatic nitrogens is 2. The standard InChI is InChI=1S/C10H12ClN3S/c1-5(2)8-9(13-14-10(8)12)6-3-7(11)15-4-6/h3-5H,1-2H3,(H3,12,13,14). The molecule has 2 aromatic rings. The highest BCUT2D eigenvalue weighted by atomic mass is 35.5. The third-order valence-corrected chi connectivity index (χ3v) is 3.36. The minimum absolute atomic E-state index is 0.345. The normalized spacial score (nSPS) is 11.2. The van der Waals surface area contributed by atoms with Crippen molar-refractivity contribution in [2.24, 2.45) is 0 Å². The number of nitrogen functional groups attached to an aromatic ring is 1. The Bertz CT molecular complexity index is 473. The van der Waals surface area contributed by atoms with Crippen molar-refractivity contribution in [3.63, 3.8) is 0 Å². The maximum absolute atomic E-state index is 5.90. The fourth-order valence-corrected chi connectivity index (χ4v) is 2.48. The topological polar surface area (TPSA) is 54.7 Å². The number of nitrogens with one attached hydrogen (secondary N) is 1. The molecule has 80 valence electrons. The largest absolute Gasteiger partial charge is 0.382 e. The van der Waals surface area contributed by atoms with E-state index in [9.17, 15) is 0 Å². The summed E-state index contributed by atoms with van der Waals surface area (Å²) in [7, 11) is 0. The Morgan fingerprint density at radius 1 is 1.53 bits per heavy atom. The molecule has 0 saturated heterocycles. The first-order valence-corrected chi connectivity index (χ1v) is 5.93. The number of hydrogen-bond acceptors (Lipinski definition) is 3. The van der Waals surface area contributed by atoms with Crippen LogP contribution in [0.4, 0.5) is 5.82 Å². The van der Waals surface area contributed by atoms with E-state index in [0.717, 1.165) is 21.2 Å². The van der Waals surface area contributed by atoms with Crippen LogP contribution in [0, 0.1) is 0 Å². The van der Waals surface area contributed by atoms with Crippen LogP contribution < -0.4 is 5.73 Å². The van der Waals surface area contributed by atoms with Crippen LogP contribution >= 0.6 is 22.9 Å². The summed E-state index contributed by atoms with van der Waals surface area (Å²) in [5.41, 5.74) is 8.91. The zero-order valence-corrected chi connectivity index (χ0v) is 10.1. The highest BCUT2D eigenvalue weighted by Gasteiger charge is 2.16. The molecule has 0 aliphatic carbocycles. The summed E-state index contributed by atoms with van der Waals surface area (Å²) in [5.74, 6) is 0.916. The Labute approximate surface area is 97.3 Å². The smallest absolute Gasteiger partial charge is 0.149 e. The number of halogens is 1. The SMILES string of the molecule is CC(C)c1c(N)n[nH]c1-c1csc(Cl)c1. The molecule has 0 spiro atoms. The molecule has 0 unspecified atom stereocenters. The van der Waals surface area contributed by atoms with E-state index in [-0.39, 0.29) is 0 Å². The monoisotopic (exact) mass is 241 g/mol. The van der Waals surface area contributed by atoms with Crippen molar-refractivity contribution in [3.8, 4) is 11.3 Å². The molecule has 0 bridgehead atoms. The van der Waals surface area contributed by atoms with E-state index in [4.69, 9.17) is 17.3 Å². The molecular formula is C10H12ClN3S. The molecule has 2 aromatic heterocycles. The lowest BCUT2D eigenvalue weighted by atomic mass is 10.0. The van der Waals surface area contributed by atoms with Gasteiger partial charge in [-0.05, 0) is 12.0 Å². The predicted molar refractivity (Wildman–Crippen MR) is 65.4 cm³/mol. The second-order valence-electron chi connectivity index (χ2n) is 3.69. The van der Waals surface area contributed by atoms with Crippen molar-refractivity contribution in [2.75, 3.05) is 5.73 Å². The number of thiophene rings is 1. The van der Waals surface area contributed by atoms with Gasteiger partial charge < -0.3 is 5.73 Å². The number of rotatable bonds is 2. The summed E-state index contributed by atoms with van der Waals surface area (Å²) in [6.45, 7) is 4.19. The molecule has 0 saturated carbocycles. The lowest BCUT2D eigenvalue weighted by Crippen LogP contribution is -1.94. The molecule has 0 aromatic carbocycles. The minimum atomic E-state index is 0.345. The number of nitrogens with two attached hydrogens (primary N) is 1. The van der Waals surface area contributed by atoms with Crippen LogP contribution in [0.1, 0.15) is 25.3 Å². The van der Waals surface area contributed by atoms with E-state index in [1.165, 1.54) is 11.3 Å². The Hall–Kier alpha value is -1.00. The number of hydrogen-bond donors (Lipinski definition) is 2. The van der Waals surface area contributed by atoms with Crippen molar-refractivity contribution in [3.05, 3.63) is 21.3 Å². The maximum Gasteiger partial charge on any atom is 0.149 e. The maximum atomic E-state index is 5.90. The quantitative estimate of drug-likeness (QED) is 0.846. The third kappa shape index (κ3) is 1.87. The predicted octanol–water partition coefficient (Wildman–Crippen LogP) is 3.50. The Balaban J connectivity index is 2.53. The first kappa shape index (κ1) is 10.5. The van der Waals surface area contributed by atoms with Crippen molar-refractivity contribution in [1.29, 1.82) is 0 Å². The molecule has 0 aliphatic heterocycles. The fourth-order valence-electron chi connectivity index (χ4n) is 1.61. The minimum Gasteiger partial charge on any atom is -0.382 e. The molecule has 0 radical (unpaired) electrons. The number of anilines is 1. The lowest BCUT2D eigenvalue weighted by molar-refractivity contribution is 0.873. The molecule has 3 N–H and O–H groups in total. The molecule has 15 heavy (non-hydrogen) atoms. The van der Waals surface area contributed by atoms with E-state index in [1.807, 2.05) is 11.4 Å². The van der Waals surface area contributed by atoms with Gasteiger partial charge in [-0.15, -0.1) is 11.3 Å². The zero-order chi connectivity index (χ0) is 11.0. The molecule has 2 rings (SSSR count). The van der Waals surface area contributed by atoms with Gasteiger partial charge in [0, 0.05) is 16.5 Å². The van der Waals surface area contributed by atoms with Crippen LogP contribution in [0.15, 0.2) is 11.4 Å². The van der Waals surface area contributed by atoms with Crippen LogP contribution in [0.25, 0.3) is 11.3 Å². The van der Waals surface area contributed by atoms with Gasteiger partial charge >= 0.3 is 0 Å². The molecule has 0 fully saturated rings. The van der Waals surface area contributed by atoms with Gasteiger partial charge in [-0.3, -0.25) is 5.10 Å². The Kier molecular flexibility index (Phi) is 2.71. The number of nitrogens with zero attached hydrogens (tertiary/aromatic N) is 1. The molecule has 2 heterocycles. The van der Waals surface area contributed by atoms with E-state index >= 15 is 0 Å². The van der Waals surface area contributed by atoms with Crippen LogP contribution in [0.5, 0.6) is 0 Å². The molecule has 0 atom stereocenters. The molecule has 0 aliphatic rings. The van der Waals surface area contributed by atoms with E-state index in [0.29, 0.717) is 11.7 Å².